The molecule has 2 aliphatic heterocycles. The molecule has 24 heavy (non-hydrogen) atoms. The number of amides is 1. The summed E-state index contributed by atoms with van der Waals surface area (Å²) >= 11 is 0. The number of hydrogen-bond acceptors (Lipinski definition) is 6. The third-order valence-corrected chi connectivity index (χ3v) is 5.10. The van der Waals surface area contributed by atoms with Crippen LogP contribution in [0.2, 0.25) is 0 Å². The summed E-state index contributed by atoms with van der Waals surface area (Å²) in [4.78, 5) is 18.5. The van der Waals surface area contributed by atoms with Crippen LogP contribution in [0.1, 0.15) is 19.3 Å². The van der Waals surface area contributed by atoms with Crippen LogP contribution < -0.4 is 4.90 Å². The molecule has 1 amide bonds. The van der Waals surface area contributed by atoms with E-state index in [1.807, 2.05) is 17.0 Å². The second-order valence-electron chi connectivity index (χ2n) is 6.70. The standard InChI is InChI=1S/C16H23N7O/c1-20(8-9-21-7-3-2-4-16(21)24)13-10-22(11-13)15-6-5-14-18-17-12-23(14)19-15/h5-6,12-13H,2-4,7-11H2,1H3. The summed E-state index contributed by atoms with van der Waals surface area (Å²) in [6.45, 7) is 4.63. The molecule has 2 fully saturated rings. The van der Waals surface area contributed by atoms with Crippen LogP contribution >= 0.6 is 0 Å². The van der Waals surface area contributed by atoms with E-state index in [4.69, 9.17) is 0 Å². The van der Waals surface area contributed by atoms with Gasteiger partial charge in [0, 0.05) is 45.2 Å². The van der Waals surface area contributed by atoms with Crippen molar-refractivity contribution in [3.8, 4) is 0 Å². The van der Waals surface area contributed by atoms with Crippen molar-refractivity contribution in [1.29, 1.82) is 0 Å². The van der Waals surface area contributed by atoms with Crippen molar-refractivity contribution in [2.45, 2.75) is 25.3 Å². The smallest absolute Gasteiger partial charge is 0.222 e. The van der Waals surface area contributed by atoms with Crippen molar-refractivity contribution in [3.05, 3.63) is 18.5 Å². The minimum absolute atomic E-state index is 0.316. The lowest BCUT2D eigenvalue weighted by Crippen LogP contribution is -2.59. The van der Waals surface area contributed by atoms with Gasteiger partial charge < -0.3 is 9.80 Å². The van der Waals surface area contributed by atoms with Gasteiger partial charge in [0.15, 0.2) is 5.65 Å². The molecule has 2 aromatic heterocycles. The molecule has 4 heterocycles. The number of aromatic nitrogens is 4. The molecular weight excluding hydrogens is 306 g/mol. The summed E-state index contributed by atoms with van der Waals surface area (Å²) in [7, 11) is 2.15. The second-order valence-corrected chi connectivity index (χ2v) is 6.70. The van der Waals surface area contributed by atoms with Crippen LogP contribution in [-0.4, -0.2) is 81.3 Å². The molecule has 128 valence electrons. The number of likely N-dealkylation sites (N-methyl/N-ethyl adjacent to an activating group) is 1. The number of piperidine rings is 1. The minimum Gasteiger partial charge on any atom is -0.352 e. The van der Waals surface area contributed by atoms with Crippen LogP contribution in [0.15, 0.2) is 18.5 Å². The van der Waals surface area contributed by atoms with Crippen molar-refractivity contribution < 1.29 is 4.79 Å². The lowest BCUT2D eigenvalue weighted by atomic mass is 10.1. The van der Waals surface area contributed by atoms with E-state index in [1.165, 1.54) is 0 Å². The van der Waals surface area contributed by atoms with Gasteiger partial charge in [-0.25, -0.2) is 0 Å². The summed E-state index contributed by atoms with van der Waals surface area (Å²) in [6, 6.07) is 4.45. The fraction of sp³-hybridized carbons (Fsp3) is 0.625. The monoisotopic (exact) mass is 329 g/mol. The van der Waals surface area contributed by atoms with E-state index >= 15 is 0 Å². The van der Waals surface area contributed by atoms with Gasteiger partial charge in [-0.05, 0) is 32.0 Å². The van der Waals surface area contributed by atoms with Crippen LogP contribution in [0.3, 0.4) is 0 Å². The molecule has 8 heteroatoms. The first kappa shape index (κ1) is 15.3. The summed E-state index contributed by atoms with van der Waals surface area (Å²) in [5.74, 6) is 1.27. The molecule has 0 saturated carbocycles. The summed E-state index contributed by atoms with van der Waals surface area (Å²) in [5.41, 5.74) is 0.763. The first-order valence-corrected chi connectivity index (χ1v) is 8.61. The molecule has 0 spiro atoms. The highest BCUT2D eigenvalue weighted by Gasteiger charge is 2.31. The van der Waals surface area contributed by atoms with Crippen molar-refractivity contribution in [2.75, 3.05) is 44.7 Å². The van der Waals surface area contributed by atoms with Crippen LogP contribution in [0.4, 0.5) is 5.82 Å². The number of rotatable bonds is 5. The van der Waals surface area contributed by atoms with E-state index in [0.717, 1.165) is 63.5 Å². The molecule has 0 radical (unpaired) electrons. The highest BCUT2D eigenvalue weighted by molar-refractivity contribution is 5.76. The van der Waals surface area contributed by atoms with E-state index in [2.05, 4.69) is 32.1 Å². The Morgan fingerprint density at radius 3 is 3.00 bits per heavy atom. The van der Waals surface area contributed by atoms with Gasteiger partial charge in [0.2, 0.25) is 5.91 Å². The summed E-state index contributed by atoms with van der Waals surface area (Å²) in [6.07, 6.45) is 4.53. The third-order valence-electron chi connectivity index (χ3n) is 5.10. The van der Waals surface area contributed by atoms with Gasteiger partial charge in [-0.1, -0.05) is 0 Å². The number of carbonyl (C=O) groups is 1. The second kappa shape index (κ2) is 6.35. The Hall–Kier alpha value is -2.22. The SMILES string of the molecule is CN(CCN1CCCCC1=O)C1CN(c2ccc3nncn3n2)C1. The minimum atomic E-state index is 0.316. The maximum atomic E-state index is 11.9. The van der Waals surface area contributed by atoms with E-state index in [0.29, 0.717) is 11.9 Å². The zero-order chi connectivity index (χ0) is 16.5. The normalized spacial score (nSPS) is 19.3. The average molecular weight is 329 g/mol. The predicted octanol–water partition coefficient (Wildman–Crippen LogP) is 0.257. The molecular formula is C16H23N7O. The Labute approximate surface area is 141 Å². The molecule has 0 atom stereocenters. The van der Waals surface area contributed by atoms with E-state index in [-0.39, 0.29) is 0 Å². The van der Waals surface area contributed by atoms with Gasteiger partial charge >= 0.3 is 0 Å². The zero-order valence-corrected chi connectivity index (χ0v) is 14.0. The van der Waals surface area contributed by atoms with Gasteiger partial charge in [0.1, 0.15) is 12.1 Å². The van der Waals surface area contributed by atoms with Gasteiger partial charge in [0.25, 0.3) is 0 Å². The number of hydrogen-bond donors (Lipinski definition) is 0. The molecule has 0 aliphatic carbocycles. The van der Waals surface area contributed by atoms with Crippen LogP contribution in [0.25, 0.3) is 5.65 Å². The van der Waals surface area contributed by atoms with Crippen molar-refractivity contribution in [2.24, 2.45) is 0 Å². The van der Waals surface area contributed by atoms with Gasteiger partial charge in [0.05, 0.1) is 0 Å². The van der Waals surface area contributed by atoms with Gasteiger partial charge in [-0.2, -0.15) is 4.52 Å². The summed E-state index contributed by atoms with van der Waals surface area (Å²) in [5, 5.41) is 12.4. The Morgan fingerprint density at radius 2 is 2.17 bits per heavy atom. The Balaban J connectivity index is 1.27. The predicted molar refractivity (Wildman–Crippen MR) is 89.8 cm³/mol. The van der Waals surface area contributed by atoms with E-state index in [1.54, 1.807) is 10.8 Å². The third kappa shape index (κ3) is 2.93. The number of anilines is 1. The number of nitrogens with zero attached hydrogens (tertiary/aromatic N) is 7. The Morgan fingerprint density at radius 1 is 1.29 bits per heavy atom. The fourth-order valence-electron chi connectivity index (χ4n) is 3.37. The zero-order valence-electron chi connectivity index (χ0n) is 14.0. The quantitative estimate of drug-likeness (QED) is 0.784. The number of likely N-dealkylation sites (tertiary alicyclic amines) is 1. The van der Waals surface area contributed by atoms with E-state index in [9.17, 15) is 4.79 Å². The van der Waals surface area contributed by atoms with Crippen molar-refractivity contribution in [1.82, 2.24) is 29.6 Å². The van der Waals surface area contributed by atoms with Crippen LogP contribution in [0, 0.1) is 0 Å². The molecule has 2 aliphatic rings. The number of fused-ring (bicyclic) bond motifs is 1. The molecule has 0 N–H and O–H groups in total. The summed E-state index contributed by atoms with van der Waals surface area (Å²) < 4.78 is 1.70. The molecule has 0 bridgehead atoms. The van der Waals surface area contributed by atoms with Crippen LogP contribution in [-0.2, 0) is 4.79 Å². The Kier molecular flexibility index (Phi) is 4.05. The topological polar surface area (TPSA) is 69.9 Å². The molecule has 4 rings (SSSR count). The van der Waals surface area contributed by atoms with E-state index < -0.39 is 0 Å². The first-order valence-electron chi connectivity index (χ1n) is 8.61. The average Bonchev–Trinajstić information content (AvgIpc) is 3.00. The lowest BCUT2D eigenvalue weighted by molar-refractivity contribution is -0.133. The maximum Gasteiger partial charge on any atom is 0.222 e. The fourth-order valence-corrected chi connectivity index (χ4v) is 3.37. The lowest BCUT2D eigenvalue weighted by Gasteiger charge is -2.45. The number of carbonyl (C=O) groups excluding carboxylic acids is 1. The first-order chi connectivity index (χ1) is 11.7. The van der Waals surface area contributed by atoms with Gasteiger partial charge in [-0.3, -0.25) is 9.69 Å². The highest BCUT2D eigenvalue weighted by atomic mass is 16.2. The maximum absolute atomic E-state index is 11.9. The van der Waals surface area contributed by atoms with Crippen molar-refractivity contribution >= 4 is 17.4 Å². The largest absolute Gasteiger partial charge is 0.352 e. The molecule has 0 unspecified atom stereocenters. The Bertz CT molecular complexity index is 724. The molecule has 2 saturated heterocycles. The molecule has 8 nitrogen and oxygen atoms in total. The van der Waals surface area contributed by atoms with Crippen molar-refractivity contribution in [3.63, 3.8) is 0 Å². The highest BCUT2D eigenvalue weighted by Crippen LogP contribution is 2.21. The molecule has 2 aromatic rings. The van der Waals surface area contributed by atoms with Crippen LogP contribution in [0.5, 0.6) is 0 Å². The van der Waals surface area contributed by atoms with Gasteiger partial charge in [-0.15, -0.1) is 15.3 Å². The molecule has 0 aromatic carbocycles.